The zero-order valence-electron chi connectivity index (χ0n) is 11.1. The number of aryl methyl sites for hydroxylation is 2. The lowest BCUT2D eigenvalue weighted by molar-refractivity contribution is 0.318. The third-order valence-electron chi connectivity index (χ3n) is 2.75. The molecule has 0 saturated heterocycles. The molecule has 0 aliphatic rings. The third kappa shape index (κ3) is 3.29. The lowest BCUT2D eigenvalue weighted by Gasteiger charge is -2.10. The van der Waals surface area contributed by atoms with Crippen LogP contribution in [-0.4, -0.2) is 16.6 Å². The second-order valence-electron chi connectivity index (χ2n) is 4.25. The van der Waals surface area contributed by atoms with Crippen LogP contribution in [0.2, 0.25) is 0 Å². The minimum absolute atomic E-state index is 0.495. The number of nitrogens with zero attached hydrogens (tertiary/aromatic N) is 3. The van der Waals surface area contributed by atoms with E-state index in [1.807, 2.05) is 32.0 Å². The molecule has 0 aliphatic heterocycles. The van der Waals surface area contributed by atoms with Crippen LogP contribution in [0.3, 0.4) is 0 Å². The van der Waals surface area contributed by atoms with Crippen molar-refractivity contribution in [3.8, 4) is 11.8 Å². The van der Waals surface area contributed by atoms with Crippen molar-refractivity contribution < 1.29 is 4.74 Å². The van der Waals surface area contributed by atoms with Crippen molar-refractivity contribution in [3.63, 3.8) is 0 Å². The first kappa shape index (κ1) is 13.0. The maximum absolute atomic E-state index is 9.12. The number of hydrogen-bond donors (Lipinski definition) is 0. The van der Waals surface area contributed by atoms with E-state index in [4.69, 9.17) is 10.00 Å². The van der Waals surface area contributed by atoms with E-state index in [1.165, 1.54) is 0 Å². The van der Waals surface area contributed by atoms with Gasteiger partial charge in [-0.05, 0) is 26.0 Å². The molecule has 0 bridgehead atoms. The molecular formula is C15H15N3O. The van der Waals surface area contributed by atoms with E-state index in [-0.39, 0.29) is 0 Å². The molecule has 0 saturated carbocycles. The largest absolute Gasteiger partial charge is 0.492 e. The molecule has 2 aromatic rings. The van der Waals surface area contributed by atoms with Crippen LogP contribution in [-0.2, 0) is 6.42 Å². The van der Waals surface area contributed by atoms with E-state index < -0.39 is 0 Å². The summed E-state index contributed by atoms with van der Waals surface area (Å²) in [6.45, 7) is 4.20. The summed E-state index contributed by atoms with van der Waals surface area (Å²) in [5, 5.41) is 9.12. The van der Waals surface area contributed by atoms with Crippen molar-refractivity contribution in [1.29, 1.82) is 5.26 Å². The van der Waals surface area contributed by atoms with Crippen LogP contribution >= 0.6 is 0 Å². The minimum Gasteiger partial charge on any atom is -0.492 e. The Balaban J connectivity index is 2.06. The Bertz CT molecular complexity index is 603. The van der Waals surface area contributed by atoms with E-state index in [0.717, 1.165) is 11.4 Å². The highest BCUT2D eigenvalue weighted by Gasteiger charge is 2.09. The normalized spacial score (nSPS) is 9.95. The average molecular weight is 253 g/mol. The third-order valence-corrected chi connectivity index (χ3v) is 2.75. The molecule has 2 aromatic heterocycles. The Hall–Kier alpha value is -2.41. The smallest absolute Gasteiger partial charge is 0.140 e. The van der Waals surface area contributed by atoms with Crippen LogP contribution in [0.4, 0.5) is 0 Å². The van der Waals surface area contributed by atoms with E-state index in [1.54, 1.807) is 12.3 Å². The molecule has 96 valence electrons. The van der Waals surface area contributed by atoms with Gasteiger partial charge in [0.15, 0.2) is 0 Å². The molecular weight excluding hydrogens is 238 g/mol. The van der Waals surface area contributed by atoms with Gasteiger partial charge in [0.2, 0.25) is 0 Å². The topological polar surface area (TPSA) is 58.8 Å². The van der Waals surface area contributed by atoms with Crippen LogP contribution in [0.25, 0.3) is 0 Å². The fraction of sp³-hybridized carbons (Fsp3) is 0.267. The zero-order valence-corrected chi connectivity index (χ0v) is 11.1. The number of hydrogen-bond acceptors (Lipinski definition) is 4. The van der Waals surface area contributed by atoms with E-state index in [0.29, 0.717) is 30.0 Å². The van der Waals surface area contributed by atoms with Crippen molar-refractivity contribution in [3.05, 3.63) is 53.1 Å². The number of rotatable bonds is 4. The van der Waals surface area contributed by atoms with Gasteiger partial charge in [0.05, 0.1) is 12.3 Å². The second kappa shape index (κ2) is 5.96. The lowest BCUT2D eigenvalue weighted by atomic mass is 10.2. The van der Waals surface area contributed by atoms with Crippen molar-refractivity contribution >= 4 is 0 Å². The first-order valence-electron chi connectivity index (χ1n) is 6.12. The number of aromatic nitrogens is 2. The van der Waals surface area contributed by atoms with Gasteiger partial charge in [0.25, 0.3) is 0 Å². The summed E-state index contributed by atoms with van der Waals surface area (Å²) >= 11 is 0. The Kier molecular flexibility index (Phi) is 4.09. The second-order valence-corrected chi connectivity index (χ2v) is 4.25. The highest BCUT2D eigenvalue weighted by atomic mass is 16.5. The molecule has 2 heterocycles. The molecule has 0 amide bonds. The van der Waals surface area contributed by atoms with E-state index in [9.17, 15) is 0 Å². The first-order valence-corrected chi connectivity index (χ1v) is 6.12. The molecule has 0 atom stereocenters. The Morgan fingerprint density at radius 3 is 2.84 bits per heavy atom. The fourth-order valence-corrected chi connectivity index (χ4v) is 1.85. The molecule has 0 unspecified atom stereocenters. The summed E-state index contributed by atoms with van der Waals surface area (Å²) in [6.07, 6.45) is 2.48. The quantitative estimate of drug-likeness (QED) is 0.840. The van der Waals surface area contributed by atoms with Gasteiger partial charge in [-0.3, -0.25) is 9.97 Å². The summed E-state index contributed by atoms with van der Waals surface area (Å²) in [5.41, 5.74) is 3.04. The number of pyridine rings is 2. The molecule has 0 fully saturated rings. The number of ether oxygens (including phenoxy) is 1. The van der Waals surface area contributed by atoms with Gasteiger partial charge in [-0.2, -0.15) is 5.26 Å². The monoisotopic (exact) mass is 253 g/mol. The predicted octanol–water partition coefficient (Wildman–Crippen LogP) is 2.59. The molecule has 0 spiro atoms. The molecule has 19 heavy (non-hydrogen) atoms. The standard InChI is InChI=1S/C15H15N3O/c1-11-9-15(14(10-16)12(2)18-11)19-8-6-13-5-3-4-7-17-13/h3-5,7,9H,6,8H2,1-2H3. The zero-order chi connectivity index (χ0) is 13.7. The first-order chi connectivity index (χ1) is 9.20. The Morgan fingerprint density at radius 2 is 2.16 bits per heavy atom. The van der Waals surface area contributed by atoms with E-state index in [2.05, 4.69) is 16.0 Å². The minimum atomic E-state index is 0.495. The number of nitriles is 1. The van der Waals surface area contributed by atoms with E-state index >= 15 is 0 Å². The fourth-order valence-electron chi connectivity index (χ4n) is 1.85. The summed E-state index contributed by atoms with van der Waals surface area (Å²) in [5.74, 6) is 0.600. The molecule has 4 nitrogen and oxygen atoms in total. The highest BCUT2D eigenvalue weighted by molar-refractivity contribution is 5.46. The van der Waals surface area contributed by atoms with Crippen LogP contribution in [0.1, 0.15) is 22.6 Å². The SMILES string of the molecule is Cc1cc(OCCc2ccccn2)c(C#N)c(C)n1. The molecule has 0 N–H and O–H groups in total. The van der Waals surface area contributed by atoms with Crippen LogP contribution in [0.5, 0.6) is 5.75 Å². The Morgan fingerprint density at radius 1 is 1.32 bits per heavy atom. The van der Waals surface area contributed by atoms with Crippen LogP contribution < -0.4 is 4.74 Å². The summed E-state index contributed by atoms with van der Waals surface area (Å²) in [6, 6.07) is 9.72. The summed E-state index contributed by atoms with van der Waals surface area (Å²) < 4.78 is 5.69. The summed E-state index contributed by atoms with van der Waals surface area (Å²) in [7, 11) is 0. The van der Waals surface area contributed by atoms with Gasteiger partial charge in [0, 0.05) is 30.1 Å². The van der Waals surface area contributed by atoms with Gasteiger partial charge in [-0.15, -0.1) is 0 Å². The van der Waals surface area contributed by atoms with Gasteiger partial charge in [-0.1, -0.05) is 6.07 Å². The van der Waals surface area contributed by atoms with Crippen molar-refractivity contribution in [2.24, 2.45) is 0 Å². The highest BCUT2D eigenvalue weighted by Crippen LogP contribution is 2.21. The van der Waals surface area contributed by atoms with Crippen LogP contribution in [0, 0.1) is 25.2 Å². The predicted molar refractivity (Wildman–Crippen MR) is 71.9 cm³/mol. The molecule has 0 aromatic carbocycles. The lowest BCUT2D eigenvalue weighted by Crippen LogP contribution is -2.05. The van der Waals surface area contributed by atoms with Gasteiger partial charge >= 0.3 is 0 Å². The van der Waals surface area contributed by atoms with Crippen molar-refractivity contribution in [2.75, 3.05) is 6.61 Å². The maximum Gasteiger partial charge on any atom is 0.140 e. The van der Waals surface area contributed by atoms with Crippen LogP contribution in [0.15, 0.2) is 30.5 Å². The molecule has 4 heteroatoms. The molecule has 2 rings (SSSR count). The van der Waals surface area contributed by atoms with Crippen molar-refractivity contribution in [1.82, 2.24) is 9.97 Å². The van der Waals surface area contributed by atoms with Crippen molar-refractivity contribution in [2.45, 2.75) is 20.3 Å². The molecule has 0 radical (unpaired) electrons. The average Bonchev–Trinajstić information content (AvgIpc) is 2.39. The Labute approximate surface area is 112 Å². The van der Waals surface area contributed by atoms with Gasteiger partial charge in [-0.25, -0.2) is 0 Å². The van der Waals surface area contributed by atoms with Gasteiger partial charge in [0.1, 0.15) is 17.4 Å². The molecule has 0 aliphatic carbocycles. The summed E-state index contributed by atoms with van der Waals surface area (Å²) in [4.78, 5) is 8.49. The maximum atomic E-state index is 9.12. The van der Waals surface area contributed by atoms with Gasteiger partial charge < -0.3 is 4.74 Å².